The summed E-state index contributed by atoms with van der Waals surface area (Å²) in [5, 5.41) is -0.0376. The number of hydrogen-bond donors (Lipinski definition) is 0. The fraction of sp³-hybridized carbons (Fsp3) is 0.273. The molecule has 4 rings (SSSR count). The number of carbonyl (C=O) groups is 2. The van der Waals surface area contributed by atoms with Gasteiger partial charge in [0.05, 0.1) is 10.7 Å². The van der Waals surface area contributed by atoms with Crippen LogP contribution in [0, 0.1) is 5.82 Å². The highest BCUT2D eigenvalue weighted by molar-refractivity contribution is 7.98. The normalized spacial score (nSPS) is 19.8. The Hall–Kier alpha value is -2.11. The molecule has 0 N–H and O–H groups in total. The van der Waals surface area contributed by atoms with Gasteiger partial charge in [-0.25, -0.2) is 4.39 Å². The molecule has 6 heteroatoms. The van der Waals surface area contributed by atoms with E-state index in [2.05, 4.69) is 0 Å². The minimum Gasteiger partial charge on any atom is -0.294 e. The minimum absolute atomic E-state index is 0.0376. The van der Waals surface area contributed by atoms with Gasteiger partial charge in [0.1, 0.15) is 5.82 Å². The van der Waals surface area contributed by atoms with Gasteiger partial charge < -0.3 is 0 Å². The maximum Gasteiger partial charge on any atom is 0.232 e. The number of Topliss-reactive ketones (excluding diaryl/α,β-unsaturated/α-hetero) is 1. The Morgan fingerprint density at radius 1 is 1.11 bits per heavy atom. The molecule has 28 heavy (non-hydrogen) atoms. The second kappa shape index (κ2) is 7.72. The predicted molar refractivity (Wildman–Crippen MR) is 110 cm³/mol. The summed E-state index contributed by atoms with van der Waals surface area (Å²) in [6.45, 7) is 0. The summed E-state index contributed by atoms with van der Waals surface area (Å²) in [6, 6.07) is 12.3. The molecular weight excluding hydrogens is 397 g/mol. The third-order valence-corrected chi connectivity index (χ3v) is 6.39. The van der Waals surface area contributed by atoms with Crippen molar-refractivity contribution in [2.45, 2.75) is 36.5 Å². The first-order chi connectivity index (χ1) is 13.5. The Bertz CT molecular complexity index is 987. The summed E-state index contributed by atoms with van der Waals surface area (Å²) in [5.41, 5.74) is 2.93. The number of carbonyl (C=O) groups excluding carboxylic acids is 2. The summed E-state index contributed by atoms with van der Waals surface area (Å²) in [5.74, 6) is -0.782. The third kappa shape index (κ3) is 3.38. The first-order valence-corrected chi connectivity index (χ1v) is 10.8. The topological polar surface area (TPSA) is 37.4 Å². The van der Waals surface area contributed by atoms with E-state index in [1.54, 1.807) is 16.7 Å². The standard InChI is InChI=1S/C22H19ClFNO2S/c1-28-15-8-5-13(6-9-15)16-12-21(27)25(14-7-10-18(24)17(23)11-14)19-3-2-4-20(26)22(16)19/h5-11,16H,2-4,12H2,1H3. The predicted octanol–water partition coefficient (Wildman–Crippen LogP) is 5.73. The van der Waals surface area contributed by atoms with Crippen molar-refractivity contribution >= 4 is 40.7 Å². The molecule has 0 saturated heterocycles. The number of halogens is 2. The first-order valence-electron chi connectivity index (χ1n) is 9.18. The van der Waals surface area contributed by atoms with Gasteiger partial charge in [-0.2, -0.15) is 0 Å². The van der Waals surface area contributed by atoms with Crippen LogP contribution in [0.2, 0.25) is 5.02 Å². The minimum atomic E-state index is -0.532. The van der Waals surface area contributed by atoms with E-state index in [9.17, 15) is 14.0 Å². The fourth-order valence-corrected chi connectivity index (χ4v) is 4.62. The number of allylic oxidation sites excluding steroid dienone is 2. The van der Waals surface area contributed by atoms with Gasteiger partial charge in [-0.1, -0.05) is 23.7 Å². The lowest BCUT2D eigenvalue weighted by molar-refractivity contribution is -0.119. The molecule has 1 heterocycles. The van der Waals surface area contributed by atoms with E-state index in [1.807, 2.05) is 30.5 Å². The lowest BCUT2D eigenvalue weighted by Gasteiger charge is -2.38. The molecule has 2 aromatic carbocycles. The van der Waals surface area contributed by atoms with Crippen molar-refractivity contribution in [3.8, 4) is 0 Å². The zero-order valence-corrected chi connectivity index (χ0v) is 16.9. The summed E-state index contributed by atoms with van der Waals surface area (Å²) in [7, 11) is 0. The highest BCUT2D eigenvalue weighted by Gasteiger charge is 2.39. The fourth-order valence-electron chi connectivity index (χ4n) is 4.04. The van der Waals surface area contributed by atoms with Crippen LogP contribution in [0.3, 0.4) is 0 Å². The van der Waals surface area contributed by atoms with Crippen molar-refractivity contribution in [1.82, 2.24) is 0 Å². The molecule has 1 unspecified atom stereocenters. The lowest BCUT2D eigenvalue weighted by Crippen LogP contribution is -2.40. The molecule has 1 amide bonds. The number of amides is 1. The van der Waals surface area contributed by atoms with Crippen molar-refractivity contribution < 1.29 is 14.0 Å². The number of benzene rings is 2. The van der Waals surface area contributed by atoms with Crippen LogP contribution < -0.4 is 4.90 Å². The molecule has 0 aromatic heterocycles. The lowest BCUT2D eigenvalue weighted by atomic mass is 9.77. The smallest absolute Gasteiger partial charge is 0.232 e. The van der Waals surface area contributed by atoms with Gasteiger partial charge in [-0.3, -0.25) is 14.5 Å². The molecule has 0 fully saturated rings. The quantitative estimate of drug-likeness (QED) is 0.601. The summed E-state index contributed by atoms with van der Waals surface area (Å²) in [6.07, 6.45) is 4.05. The number of hydrogen-bond acceptors (Lipinski definition) is 3. The van der Waals surface area contributed by atoms with Crippen molar-refractivity contribution in [3.05, 3.63) is 70.1 Å². The summed E-state index contributed by atoms with van der Waals surface area (Å²) >= 11 is 7.59. The van der Waals surface area contributed by atoms with Crippen LogP contribution in [0.1, 0.15) is 37.2 Å². The van der Waals surface area contributed by atoms with Gasteiger partial charge in [-0.15, -0.1) is 11.8 Å². The van der Waals surface area contributed by atoms with E-state index >= 15 is 0 Å². The van der Waals surface area contributed by atoms with Crippen LogP contribution in [0.4, 0.5) is 10.1 Å². The number of thioether (sulfide) groups is 1. The van der Waals surface area contributed by atoms with E-state index in [0.29, 0.717) is 30.5 Å². The Morgan fingerprint density at radius 2 is 1.86 bits per heavy atom. The average Bonchev–Trinajstić information content (AvgIpc) is 2.70. The van der Waals surface area contributed by atoms with E-state index < -0.39 is 5.82 Å². The highest BCUT2D eigenvalue weighted by Crippen LogP contribution is 2.44. The molecule has 1 aliphatic heterocycles. The Kier molecular flexibility index (Phi) is 5.30. The Labute approximate surface area is 172 Å². The van der Waals surface area contributed by atoms with E-state index in [1.165, 1.54) is 18.2 Å². The van der Waals surface area contributed by atoms with E-state index in [4.69, 9.17) is 11.6 Å². The number of anilines is 1. The van der Waals surface area contributed by atoms with Gasteiger partial charge in [0, 0.05) is 34.9 Å². The van der Waals surface area contributed by atoms with Crippen LogP contribution >= 0.6 is 23.4 Å². The molecule has 0 spiro atoms. The zero-order chi connectivity index (χ0) is 19.8. The second-order valence-electron chi connectivity index (χ2n) is 6.99. The molecule has 0 saturated carbocycles. The third-order valence-electron chi connectivity index (χ3n) is 5.35. The van der Waals surface area contributed by atoms with E-state index in [0.717, 1.165) is 16.2 Å². The van der Waals surface area contributed by atoms with Crippen LogP contribution in [-0.4, -0.2) is 17.9 Å². The SMILES string of the molecule is CSc1ccc(C2CC(=O)N(c3ccc(F)c(Cl)c3)C3=C2C(=O)CCC3)cc1. The number of ketones is 1. The van der Waals surface area contributed by atoms with Gasteiger partial charge in [-0.05, 0) is 55.0 Å². The molecular formula is C22H19ClFNO2S. The maximum absolute atomic E-state index is 13.6. The molecule has 2 aromatic rings. The van der Waals surface area contributed by atoms with Crippen molar-refractivity contribution in [2.24, 2.45) is 0 Å². The van der Waals surface area contributed by atoms with E-state index in [-0.39, 0.29) is 29.1 Å². The first kappa shape index (κ1) is 19.2. The second-order valence-corrected chi connectivity index (χ2v) is 8.28. The van der Waals surface area contributed by atoms with Gasteiger partial charge in [0.25, 0.3) is 0 Å². The van der Waals surface area contributed by atoms with Crippen molar-refractivity contribution in [1.29, 1.82) is 0 Å². The highest BCUT2D eigenvalue weighted by atomic mass is 35.5. The molecule has 3 nitrogen and oxygen atoms in total. The number of rotatable bonds is 3. The molecule has 1 aliphatic carbocycles. The van der Waals surface area contributed by atoms with Crippen LogP contribution in [-0.2, 0) is 9.59 Å². The van der Waals surface area contributed by atoms with Crippen molar-refractivity contribution in [3.63, 3.8) is 0 Å². The largest absolute Gasteiger partial charge is 0.294 e. The number of nitrogens with zero attached hydrogens (tertiary/aromatic N) is 1. The Balaban J connectivity index is 1.82. The monoisotopic (exact) mass is 415 g/mol. The molecule has 144 valence electrons. The zero-order valence-electron chi connectivity index (χ0n) is 15.4. The molecule has 1 atom stereocenters. The summed E-state index contributed by atoms with van der Waals surface area (Å²) < 4.78 is 13.6. The van der Waals surface area contributed by atoms with Crippen LogP contribution in [0.15, 0.2) is 58.6 Å². The Morgan fingerprint density at radius 3 is 2.54 bits per heavy atom. The van der Waals surface area contributed by atoms with Gasteiger partial charge in [0.2, 0.25) is 5.91 Å². The molecule has 0 radical (unpaired) electrons. The summed E-state index contributed by atoms with van der Waals surface area (Å²) in [4.78, 5) is 28.6. The average molecular weight is 416 g/mol. The van der Waals surface area contributed by atoms with Gasteiger partial charge >= 0.3 is 0 Å². The van der Waals surface area contributed by atoms with Crippen LogP contribution in [0.5, 0.6) is 0 Å². The van der Waals surface area contributed by atoms with Crippen molar-refractivity contribution in [2.75, 3.05) is 11.2 Å². The maximum atomic E-state index is 13.6. The van der Waals surface area contributed by atoms with Gasteiger partial charge in [0.15, 0.2) is 5.78 Å². The van der Waals surface area contributed by atoms with Crippen LogP contribution in [0.25, 0.3) is 0 Å². The molecule has 0 bridgehead atoms. The molecule has 2 aliphatic rings.